The van der Waals surface area contributed by atoms with E-state index in [1.165, 1.54) is 15.2 Å². The van der Waals surface area contributed by atoms with E-state index in [4.69, 9.17) is 0 Å². The molecule has 2 aromatic carbocycles. The van der Waals surface area contributed by atoms with Crippen LogP contribution in [-0.2, 0) is 6.54 Å². The lowest BCUT2D eigenvalue weighted by Gasteiger charge is -2.10. The van der Waals surface area contributed by atoms with Gasteiger partial charge in [-0.15, -0.1) is 0 Å². The smallest absolute Gasteiger partial charge is 0.126 e. The molecule has 3 heteroatoms. The SMILES string of the molecule is Cc1cc(CNc2cc(I)ccc2C)ccc1F. The number of benzene rings is 2. The quantitative estimate of drug-likeness (QED) is 0.790. The van der Waals surface area contributed by atoms with Gasteiger partial charge < -0.3 is 5.32 Å². The largest absolute Gasteiger partial charge is 0.381 e. The van der Waals surface area contributed by atoms with E-state index in [2.05, 4.69) is 53.0 Å². The van der Waals surface area contributed by atoms with E-state index >= 15 is 0 Å². The Morgan fingerprint density at radius 2 is 1.83 bits per heavy atom. The van der Waals surface area contributed by atoms with E-state index in [1.807, 2.05) is 12.1 Å². The zero-order chi connectivity index (χ0) is 13.1. The molecule has 2 aromatic rings. The highest BCUT2D eigenvalue weighted by Gasteiger charge is 2.01. The number of rotatable bonds is 3. The molecule has 0 aliphatic heterocycles. The third-order valence-corrected chi connectivity index (χ3v) is 3.58. The second-order valence-corrected chi connectivity index (χ2v) is 5.64. The topological polar surface area (TPSA) is 12.0 Å². The zero-order valence-corrected chi connectivity index (χ0v) is 12.6. The third kappa shape index (κ3) is 3.22. The van der Waals surface area contributed by atoms with Crippen molar-refractivity contribution in [2.45, 2.75) is 20.4 Å². The normalized spacial score (nSPS) is 10.4. The van der Waals surface area contributed by atoms with Crippen LogP contribution < -0.4 is 5.32 Å². The molecular weight excluding hydrogens is 340 g/mol. The summed E-state index contributed by atoms with van der Waals surface area (Å²) in [5, 5.41) is 3.39. The number of hydrogen-bond donors (Lipinski definition) is 1. The third-order valence-electron chi connectivity index (χ3n) is 2.90. The molecular formula is C15H15FIN. The van der Waals surface area contributed by atoms with Gasteiger partial charge in [-0.3, -0.25) is 0 Å². The Hall–Kier alpha value is -1.10. The minimum atomic E-state index is -0.149. The van der Waals surface area contributed by atoms with Gasteiger partial charge in [0, 0.05) is 15.8 Å². The lowest BCUT2D eigenvalue weighted by molar-refractivity contribution is 0.617. The summed E-state index contributed by atoms with van der Waals surface area (Å²) in [6.45, 7) is 4.58. The van der Waals surface area contributed by atoms with Gasteiger partial charge in [0.25, 0.3) is 0 Å². The van der Waals surface area contributed by atoms with Gasteiger partial charge in [-0.25, -0.2) is 4.39 Å². The highest BCUT2D eigenvalue weighted by molar-refractivity contribution is 14.1. The number of aryl methyl sites for hydroxylation is 2. The summed E-state index contributed by atoms with van der Waals surface area (Å²) >= 11 is 2.30. The molecule has 0 atom stereocenters. The second kappa shape index (κ2) is 5.69. The van der Waals surface area contributed by atoms with Crippen molar-refractivity contribution in [2.24, 2.45) is 0 Å². The molecule has 18 heavy (non-hydrogen) atoms. The molecule has 0 unspecified atom stereocenters. The fourth-order valence-electron chi connectivity index (χ4n) is 1.80. The predicted molar refractivity (Wildman–Crippen MR) is 82.4 cm³/mol. The van der Waals surface area contributed by atoms with Crippen LogP contribution >= 0.6 is 22.6 Å². The van der Waals surface area contributed by atoms with Crippen molar-refractivity contribution in [3.63, 3.8) is 0 Å². The van der Waals surface area contributed by atoms with E-state index in [0.717, 1.165) is 11.3 Å². The maximum atomic E-state index is 13.2. The Morgan fingerprint density at radius 1 is 1.06 bits per heavy atom. The average Bonchev–Trinajstić information content (AvgIpc) is 2.34. The Balaban J connectivity index is 2.11. The molecule has 0 fully saturated rings. The summed E-state index contributed by atoms with van der Waals surface area (Å²) in [6, 6.07) is 11.5. The molecule has 0 aliphatic rings. The number of hydrogen-bond acceptors (Lipinski definition) is 1. The summed E-state index contributed by atoms with van der Waals surface area (Å²) in [5.74, 6) is -0.149. The molecule has 0 amide bonds. The molecule has 1 nitrogen and oxygen atoms in total. The summed E-state index contributed by atoms with van der Waals surface area (Å²) in [5.41, 5.74) is 4.12. The maximum Gasteiger partial charge on any atom is 0.126 e. The first kappa shape index (κ1) is 13.3. The van der Waals surface area contributed by atoms with Gasteiger partial charge in [-0.05, 0) is 71.3 Å². The molecule has 0 saturated heterocycles. The fourth-order valence-corrected chi connectivity index (χ4v) is 2.29. The Bertz CT molecular complexity index is 566. The monoisotopic (exact) mass is 355 g/mol. The van der Waals surface area contributed by atoms with E-state index < -0.39 is 0 Å². The predicted octanol–water partition coefficient (Wildman–Crippen LogP) is 4.66. The van der Waals surface area contributed by atoms with Gasteiger partial charge in [0.15, 0.2) is 0 Å². The molecule has 0 bridgehead atoms. The standard InChI is InChI=1S/C15H15FIN/c1-10-3-5-13(17)8-15(10)18-9-12-4-6-14(16)11(2)7-12/h3-8,18H,9H2,1-2H3. The molecule has 1 N–H and O–H groups in total. The van der Waals surface area contributed by atoms with Crippen molar-refractivity contribution in [1.82, 2.24) is 0 Å². The van der Waals surface area contributed by atoms with Crippen LogP contribution in [0.5, 0.6) is 0 Å². The van der Waals surface area contributed by atoms with Crippen molar-refractivity contribution in [3.05, 3.63) is 62.5 Å². The van der Waals surface area contributed by atoms with Crippen LogP contribution in [0.15, 0.2) is 36.4 Å². The van der Waals surface area contributed by atoms with Crippen LogP contribution in [0, 0.1) is 23.2 Å². The van der Waals surface area contributed by atoms with Crippen LogP contribution in [0.2, 0.25) is 0 Å². The fraction of sp³-hybridized carbons (Fsp3) is 0.200. The van der Waals surface area contributed by atoms with Gasteiger partial charge in [0.05, 0.1) is 0 Å². The maximum absolute atomic E-state index is 13.2. The molecule has 0 heterocycles. The highest BCUT2D eigenvalue weighted by Crippen LogP contribution is 2.19. The van der Waals surface area contributed by atoms with Gasteiger partial charge in [-0.2, -0.15) is 0 Å². The molecule has 2 rings (SSSR count). The number of halogens is 2. The Morgan fingerprint density at radius 3 is 2.56 bits per heavy atom. The van der Waals surface area contributed by atoms with Crippen LogP contribution in [-0.4, -0.2) is 0 Å². The minimum absolute atomic E-state index is 0.149. The van der Waals surface area contributed by atoms with E-state index in [-0.39, 0.29) is 5.82 Å². The van der Waals surface area contributed by atoms with E-state index in [1.54, 1.807) is 6.92 Å². The molecule has 0 aromatic heterocycles. The van der Waals surface area contributed by atoms with Gasteiger partial charge in [0.2, 0.25) is 0 Å². The van der Waals surface area contributed by atoms with Crippen LogP contribution in [0.1, 0.15) is 16.7 Å². The first-order valence-electron chi connectivity index (χ1n) is 5.81. The van der Waals surface area contributed by atoms with Gasteiger partial charge in [0.1, 0.15) is 5.82 Å². The summed E-state index contributed by atoms with van der Waals surface area (Å²) in [4.78, 5) is 0. The summed E-state index contributed by atoms with van der Waals surface area (Å²) in [7, 11) is 0. The molecule has 0 radical (unpaired) electrons. The second-order valence-electron chi connectivity index (χ2n) is 4.40. The van der Waals surface area contributed by atoms with Crippen molar-refractivity contribution in [1.29, 1.82) is 0 Å². The summed E-state index contributed by atoms with van der Waals surface area (Å²) < 4.78 is 14.4. The Kier molecular flexibility index (Phi) is 4.22. The van der Waals surface area contributed by atoms with Crippen LogP contribution in [0.3, 0.4) is 0 Å². The zero-order valence-electron chi connectivity index (χ0n) is 10.4. The van der Waals surface area contributed by atoms with Crippen molar-refractivity contribution in [2.75, 3.05) is 5.32 Å². The highest BCUT2D eigenvalue weighted by atomic mass is 127. The molecule has 0 saturated carbocycles. The van der Waals surface area contributed by atoms with Gasteiger partial charge >= 0.3 is 0 Å². The van der Waals surface area contributed by atoms with Crippen LogP contribution in [0.4, 0.5) is 10.1 Å². The average molecular weight is 355 g/mol. The molecule has 94 valence electrons. The van der Waals surface area contributed by atoms with Crippen molar-refractivity contribution in [3.8, 4) is 0 Å². The number of nitrogens with one attached hydrogen (secondary N) is 1. The Labute approximate surface area is 121 Å². The summed E-state index contributed by atoms with van der Waals surface area (Å²) in [6.07, 6.45) is 0. The van der Waals surface area contributed by atoms with Gasteiger partial charge in [-0.1, -0.05) is 18.2 Å². The minimum Gasteiger partial charge on any atom is -0.381 e. The lowest BCUT2D eigenvalue weighted by Crippen LogP contribution is -2.02. The van der Waals surface area contributed by atoms with Crippen LogP contribution in [0.25, 0.3) is 0 Å². The van der Waals surface area contributed by atoms with Crippen molar-refractivity contribution >= 4 is 28.3 Å². The van der Waals surface area contributed by atoms with E-state index in [0.29, 0.717) is 12.1 Å². The van der Waals surface area contributed by atoms with Crippen molar-refractivity contribution < 1.29 is 4.39 Å². The molecule has 0 aliphatic carbocycles. The molecule has 0 spiro atoms. The first-order chi connectivity index (χ1) is 8.56. The number of anilines is 1. The van der Waals surface area contributed by atoms with E-state index in [9.17, 15) is 4.39 Å². The first-order valence-corrected chi connectivity index (χ1v) is 6.89. The lowest BCUT2D eigenvalue weighted by atomic mass is 10.1.